The summed E-state index contributed by atoms with van der Waals surface area (Å²) in [6, 6.07) is 6.38. The van der Waals surface area contributed by atoms with E-state index in [1.807, 2.05) is 4.90 Å². The molecular weight excluding hydrogens is 253 g/mol. The number of aromatic carboxylic acids is 1. The van der Waals surface area contributed by atoms with Gasteiger partial charge in [-0.25, -0.2) is 9.18 Å². The molecule has 1 aromatic carbocycles. The summed E-state index contributed by atoms with van der Waals surface area (Å²) in [5.74, 6) is -1.20. The molecule has 0 radical (unpaired) electrons. The lowest BCUT2D eigenvalue weighted by Gasteiger charge is -2.17. The van der Waals surface area contributed by atoms with Crippen molar-refractivity contribution < 1.29 is 14.3 Å². The van der Waals surface area contributed by atoms with Crippen LogP contribution in [0.25, 0.3) is 0 Å². The Labute approximate surface area is 107 Å². The van der Waals surface area contributed by atoms with E-state index in [9.17, 15) is 9.18 Å². The van der Waals surface area contributed by atoms with E-state index in [0.29, 0.717) is 4.88 Å². The van der Waals surface area contributed by atoms with E-state index in [1.165, 1.54) is 23.5 Å². The number of carboxylic acid groups (broad SMARTS) is 1. The van der Waals surface area contributed by atoms with Gasteiger partial charge in [-0.2, -0.15) is 0 Å². The zero-order chi connectivity index (χ0) is 12.7. The summed E-state index contributed by atoms with van der Waals surface area (Å²) in [5, 5.41) is 10.7. The highest BCUT2D eigenvalue weighted by molar-refractivity contribution is 7.12. The maximum Gasteiger partial charge on any atom is 0.345 e. The SMILES string of the molecule is O=C(O)c1cc(N2CCc3ccc(F)cc32)cs1. The third-order valence-corrected chi connectivity index (χ3v) is 3.96. The largest absolute Gasteiger partial charge is 0.477 e. The number of halogens is 1. The summed E-state index contributed by atoms with van der Waals surface area (Å²) in [7, 11) is 0. The van der Waals surface area contributed by atoms with Crippen molar-refractivity contribution in [2.24, 2.45) is 0 Å². The van der Waals surface area contributed by atoms with Gasteiger partial charge in [0.1, 0.15) is 10.7 Å². The maximum atomic E-state index is 13.3. The first kappa shape index (κ1) is 11.2. The molecule has 5 heteroatoms. The summed E-state index contributed by atoms with van der Waals surface area (Å²) in [6.45, 7) is 0.759. The smallest absolute Gasteiger partial charge is 0.345 e. The van der Waals surface area contributed by atoms with E-state index < -0.39 is 5.97 Å². The van der Waals surface area contributed by atoms with E-state index in [1.54, 1.807) is 17.5 Å². The van der Waals surface area contributed by atoms with E-state index in [4.69, 9.17) is 5.11 Å². The zero-order valence-corrected chi connectivity index (χ0v) is 10.2. The van der Waals surface area contributed by atoms with Crippen LogP contribution in [0.4, 0.5) is 15.8 Å². The van der Waals surface area contributed by atoms with Crippen LogP contribution in [0.1, 0.15) is 15.2 Å². The fourth-order valence-electron chi connectivity index (χ4n) is 2.20. The second-order valence-corrected chi connectivity index (χ2v) is 5.06. The highest BCUT2D eigenvalue weighted by Gasteiger charge is 2.22. The molecule has 92 valence electrons. The molecule has 0 unspecified atom stereocenters. The van der Waals surface area contributed by atoms with Crippen molar-refractivity contribution in [3.8, 4) is 0 Å². The summed E-state index contributed by atoms with van der Waals surface area (Å²) in [6.07, 6.45) is 0.855. The lowest BCUT2D eigenvalue weighted by molar-refractivity contribution is 0.0702. The zero-order valence-electron chi connectivity index (χ0n) is 9.39. The number of thiophene rings is 1. The number of carboxylic acids is 1. The minimum atomic E-state index is -0.926. The third-order valence-electron chi connectivity index (χ3n) is 3.05. The predicted molar refractivity (Wildman–Crippen MR) is 68.4 cm³/mol. The Bertz CT molecular complexity index is 623. The number of carbonyl (C=O) groups is 1. The minimum absolute atomic E-state index is 0.269. The van der Waals surface area contributed by atoms with Crippen molar-refractivity contribution in [2.45, 2.75) is 6.42 Å². The van der Waals surface area contributed by atoms with E-state index in [0.717, 1.165) is 29.9 Å². The Hall–Kier alpha value is -1.88. The number of hydrogen-bond donors (Lipinski definition) is 1. The molecule has 0 aliphatic carbocycles. The van der Waals surface area contributed by atoms with Crippen molar-refractivity contribution in [1.82, 2.24) is 0 Å². The lowest BCUT2D eigenvalue weighted by atomic mass is 10.2. The topological polar surface area (TPSA) is 40.5 Å². The molecule has 1 aromatic heterocycles. The first-order valence-electron chi connectivity index (χ1n) is 5.53. The van der Waals surface area contributed by atoms with Crippen LogP contribution in [0.2, 0.25) is 0 Å². The Balaban J connectivity index is 2.00. The average molecular weight is 263 g/mol. The van der Waals surface area contributed by atoms with Crippen LogP contribution in [-0.4, -0.2) is 17.6 Å². The third kappa shape index (κ3) is 1.76. The maximum absolute atomic E-state index is 13.3. The molecule has 2 aromatic rings. The first-order valence-corrected chi connectivity index (χ1v) is 6.41. The molecule has 0 saturated carbocycles. The van der Waals surface area contributed by atoms with Crippen molar-refractivity contribution in [2.75, 3.05) is 11.4 Å². The second kappa shape index (κ2) is 4.10. The molecule has 3 nitrogen and oxygen atoms in total. The van der Waals surface area contributed by atoms with Crippen molar-refractivity contribution in [3.05, 3.63) is 45.9 Å². The summed E-state index contributed by atoms with van der Waals surface area (Å²) >= 11 is 1.19. The fourth-order valence-corrected chi connectivity index (χ4v) is 2.93. The summed E-state index contributed by atoms with van der Waals surface area (Å²) in [5.41, 5.74) is 2.76. The highest BCUT2D eigenvalue weighted by atomic mass is 32.1. The number of rotatable bonds is 2. The van der Waals surface area contributed by atoms with Gasteiger partial charge >= 0.3 is 5.97 Å². The van der Waals surface area contributed by atoms with Crippen LogP contribution in [0.3, 0.4) is 0 Å². The van der Waals surface area contributed by atoms with Gasteiger partial charge in [0, 0.05) is 17.6 Å². The van der Waals surface area contributed by atoms with Gasteiger partial charge in [-0.15, -0.1) is 11.3 Å². The lowest BCUT2D eigenvalue weighted by Crippen LogP contribution is -2.12. The van der Waals surface area contributed by atoms with Gasteiger partial charge in [0.2, 0.25) is 0 Å². The monoisotopic (exact) mass is 263 g/mol. The van der Waals surface area contributed by atoms with E-state index in [2.05, 4.69) is 0 Å². The normalized spacial score (nSPS) is 13.7. The van der Waals surface area contributed by atoms with Crippen LogP contribution >= 0.6 is 11.3 Å². The Kier molecular flexibility index (Phi) is 2.56. The molecule has 0 atom stereocenters. The molecule has 1 aliphatic heterocycles. The van der Waals surface area contributed by atoms with Gasteiger partial charge in [0.15, 0.2) is 0 Å². The Morgan fingerprint density at radius 2 is 2.22 bits per heavy atom. The molecule has 0 spiro atoms. The van der Waals surface area contributed by atoms with Gasteiger partial charge in [0.25, 0.3) is 0 Å². The van der Waals surface area contributed by atoms with Gasteiger partial charge in [-0.3, -0.25) is 0 Å². The van der Waals surface area contributed by atoms with Gasteiger partial charge in [-0.1, -0.05) is 6.07 Å². The fraction of sp³-hybridized carbons (Fsp3) is 0.154. The molecule has 0 amide bonds. The molecule has 1 N–H and O–H groups in total. The summed E-state index contributed by atoms with van der Waals surface area (Å²) < 4.78 is 13.3. The second-order valence-electron chi connectivity index (χ2n) is 4.15. The van der Waals surface area contributed by atoms with E-state index in [-0.39, 0.29) is 5.82 Å². The van der Waals surface area contributed by atoms with Crippen molar-refractivity contribution in [3.63, 3.8) is 0 Å². The number of benzene rings is 1. The van der Waals surface area contributed by atoms with Crippen LogP contribution in [0, 0.1) is 5.82 Å². The predicted octanol–water partition coefficient (Wildman–Crippen LogP) is 3.28. The highest BCUT2D eigenvalue weighted by Crippen LogP contribution is 2.36. The number of anilines is 2. The quantitative estimate of drug-likeness (QED) is 0.904. The van der Waals surface area contributed by atoms with Crippen LogP contribution in [0.15, 0.2) is 29.6 Å². The molecule has 1 aliphatic rings. The van der Waals surface area contributed by atoms with Crippen LogP contribution in [-0.2, 0) is 6.42 Å². The Morgan fingerprint density at radius 1 is 1.39 bits per heavy atom. The van der Waals surface area contributed by atoms with Crippen LogP contribution in [0.5, 0.6) is 0 Å². The number of hydrogen-bond acceptors (Lipinski definition) is 3. The van der Waals surface area contributed by atoms with Crippen molar-refractivity contribution >= 4 is 28.7 Å². The van der Waals surface area contributed by atoms with Crippen LogP contribution < -0.4 is 4.90 Å². The minimum Gasteiger partial charge on any atom is -0.477 e. The number of fused-ring (bicyclic) bond motifs is 1. The molecule has 0 saturated heterocycles. The summed E-state index contributed by atoms with van der Waals surface area (Å²) in [4.78, 5) is 13.1. The standard InChI is InChI=1S/C13H10FNO2S/c14-9-2-1-8-3-4-15(11(8)5-9)10-6-12(13(16)17)18-7-10/h1-2,5-7H,3-4H2,(H,16,17). The van der Waals surface area contributed by atoms with Gasteiger partial charge < -0.3 is 10.0 Å². The molecule has 0 fully saturated rings. The number of nitrogens with zero attached hydrogens (tertiary/aromatic N) is 1. The van der Waals surface area contributed by atoms with Gasteiger partial charge in [-0.05, 0) is 30.2 Å². The molecule has 0 bridgehead atoms. The molecule has 18 heavy (non-hydrogen) atoms. The van der Waals surface area contributed by atoms with E-state index >= 15 is 0 Å². The van der Waals surface area contributed by atoms with Gasteiger partial charge in [0.05, 0.1) is 5.69 Å². The first-order chi connectivity index (χ1) is 8.65. The molecule has 2 heterocycles. The van der Waals surface area contributed by atoms with Crippen molar-refractivity contribution in [1.29, 1.82) is 0 Å². The molecular formula is C13H10FNO2S. The molecule has 3 rings (SSSR count). The average Bonchev–Trinajstić information content (AvgIpc) is 2.93. The Morgan fingerprint density at radius 3 is 2.94 bits per heavy atom.